The maximum atomic E-state index is 14.0. The van der Waals surface area contributed by atoms with Crippen LogP contribution in [0.25, 0.3) is 0 Å². The van der Waals surface area contributed by atoms with E-state index in [-0.39, 0.29) is 17.0 Å². The van der Waals surface area contributed by atoms with Gasteiger partial charge in [0.1, 0.15) is 0 Å². The average Bonchev–Trinajstić information content (AvgIpc) is 3.49. The summed E-state index contributed by atoms with van der Waals surface area (Å²) in [7, 11) is 5.82. The van der Waals surface area contributed by atoms with Crippen LogP contribution in [0.1, 0.15) is 58.5 Å². The zero-order valence-electron chi connectivity index (χ0n) is 21.8. The van der Waals surface area contributed by atoms with Gasteiger partial charge in [-0.05, 0) is 56.6 Å². The number of pyridine rings is 1. The summed E-state index contributed by atoms with van der Waals surface area (Å²) in [5, 5.41) is 3.07. The molecule has 1 aliphatic heterocycles. The van der Waals surface area contributed by atoms with Crippen molar-refractivity contribution in [1.82, 2.24) is 24.3 Å². The van der Waals surface area contributed by atoms with Gasteiger partial charge < -0.3 is 24.4 Å². The van der Waals surface area contributed by atoms with Gasteiger partial charge in [0.25, 0.3) is 5.91 Å². The fraction of sp³-hybridized carbons (Fsp3) is 0.444. The number of carbonyl (C=O) groups excluding carboxylic acids is 1. The number of amides is 1. The van der Waals surface area contributed by atoms with E-state index in [0.717, 1.165) is 47.7 Å². The highest BCUT2D eigenvalue weighted by Gasteiger charge is 2.53. The van der Waals surface area contributed by atoms with Gasteiger partial charge in [0.15, 0.2) is 11.6 Å². The van der Waals surface area contributed by atoms with E-state index >= 15 is 0 Å². The van der Waals surface area contributed by atoms with Crippen LogP contribution in [0.5, 0.6) is 5.75 Å². The molecule has 1 aromatic carbocycles. The summed E-state index contributed by atoms with van der Waals surface area (Å²) in [6.45, 7) is 0.321. The molecular weight excluding hydrogens is 497 g/mol. The maximum Gasteiger partial charge on any atom is 0.387 e. The number of benzene rings is 1. The summed E-state index contributed by atoms with van der Waals surface area (Å²) in [5.74, 6) is -0.997. The summed E-state index contributed by atoms with van der Waals surface area (Å²) in [6.07, 6.45) is 6.35. The molecule has 0 saturated heterocycles. The Morgan fingerprint density at radius 1 is 1.21 bits per heavy atom. The third-order valence-corrected chi connectivity index (χ3v) is 7.36. The number of imidazole rings is 1. The molecule has 3 aromatic rings. The molecule has 8 nitrogen and oxygen atoms in total. The Bertz CT molecular complexity index is 1350. The molecule has 11 heteroatoms. The van der Waals surface area contributed by atoms with Crippen molar-refractivity contribution in [3.8, 4) is 5.75 Å². The number of hydrogen-bond acceptors (Lipinski definition) is 6. The molecule has 38 heavy (non-hydrogen) atoms. The smallest absolute Gasteiger partial charge is 0.387 e. The van der Waals surface area contributed by atoms with Gasteiger partial charge in [0.2, 0.25) is 5.95 Å². The van der Waals surface area contributed by atoms with E-state index in [1.54, 1.807) is 18.0 Å². The Balaban J connectivity index is 1.55. The minimum atomic E-state index is -3.17. The van der Waals surface area contributed by atoms with Crippen LogP contribution in [0.15, 0.2) is 36.8 Å². The van der Waals surface area contributed by atoms with Gasteiger partial charge in [-0.2, -0.15) is 8.78 Å². The number of ether oxygens (including phenoxy) is 1. The van der Waals surface area contributed by atoms with Gasteiger partial charge in [0.05, 0.1) is 24.5 Å². The lowest BCUT2D eigenvalue weighted by Gasteiger charge is -2.40. The molecule has 202 valence electrons. The fourth-order valence-electron chi connectivity index (χ4n) is 5.49. The third kappa shape index (κ3) is 4.82. The number of carbonyl (C=O) groups is 1. The summed E-state index contributed by atoms with van der Waals surface area (Å²) in [5.41, 5.74) is 3.95. The lowest BCUT2D eigenvalue weighted by Crippen LogP contribution is -2.45. The van der Waals surface area contributed by atoms with Crippen molar-refractivity contribution in [2.75, 3.05) is 33.0 Å². The number of hydrogen-bond donors (Lipinski definition) is 1. The molecule has 1 fully saturated rings. The second kappa shape index (κ2) is 9.94. The van der Waals surface area contributed by atoms with Crippen LogP contribution in [0, 0.1) is 5.82 Å². The van der Waals surface area contributed by atoms with Crippen molar-refractivity contribution >= 4 is 11.9 Å². The Labute approximate surface area is 219 Å². The first-order valence-corrected chi connectivity index (χ1v) is 12.5. The molecule has 3 heterocycles. The minimum absolute atomic E-state index is 0.159. The van der Waals surface area contributed by atoms with E-state index in [1.807, 2.05) is 38.0 Å². The standard InChI is InChI=1S/C27H31F3N6O2/c1-16(21-11-22(38-25(29)30)20(28)12-33-21)36-15-27(5-6-27)23-18(14-34(3)4)9-17(10-19(23)24(36)37)13-35-8-7-32-26(35)31-2/h7-12,16,25H,5-6,13-15H2,1-4H3,(H,31,32). The van der Waals surface area contributed by atoms with E-state index in [4.69, 9.17) is 0 Å². The van der Waals surface area contributed by atoms with Crippen LogP contribution in [-0.2, 0) is 18.5 Å². The van der Waals surface area contributed by atoms with E-state index < -0.39 is 24.2 Å². The Hall–Kier alpha value is -3.60. The second-order valence-corrected chi connectivity index (χ2v) is 10.4. The summed E-state index contributed by atoms with van der Waals surface area (Å²) >= 11 is 0. The number of alkyl halides is 2. The van der Waals surface area contributed by atoms with Gasteiger partial charge in [-0.15, -0.1) is 0 Å². The summed E-state index contributed by atoms with van der Waals surface area (Å²) < 4.78 is 45.9. The van der Waals surface area contributed by atoms with Crippen molar-refractivity contribution in [3.63, 3.8) is 0 Å². The number of rotatable bonds is 9. The summed E-state index contributed by atoms with van der Waals surface area (Å²) in [4.78, 5) is 26.3. The van der Waals surface area contributed by atoms with Gasteiger partial charge in [-0.1, -0.05) is 6.07 Å². The lowest BCUT2D eigenvalue weighted by atomic mass is 9.81. The molecular formula is C27H31F3N6O2. The molecule has 1 spiro atoms. The van der Waals surface area contributed by atoms with Gasteiger partial charge in [-0.3, -0.25) is 9.78 Å². The molecule has 0 bridgehead atoms. The van der Waals surface area contributed by atoms with Gasteiger partial charge in [0, 0.05) is 49.6 Å². The number of halogens is 3. The SMILES string of the molecule is CNc1nccn1Cc1cc(CN(C)C)c2c(c1)C(=O)N(C(C)c1cc(OC(F)F)c(F)cn1)CC21CC1. The van der Waals surface area contributed by atoms with Crippen LogP contribution in [0.3, 0.4) is 0 Å². The molecule has 2 aromatic heterocycles. The Morgan fingerprint density at radius 2 is 1.97 bits per heavy atom. The van der Waals surface area contributed by atoms with E-state index in [9.17, 15) is 18.0 Å². The lowest BCUT2D eigenvalue weighted by molar-refractivity contribution is -0.0524. The van der Waals surface area contributed by atoms with Crippen molar-refractivity contribution in [3.05, 3.63) is 70.6 Å². The highest BCUT2D eigenvalue weighted by Crippen LogP contribution is 2.55. The number of nitrogens with zero attached hydrogens (tertiary/aromatic N) is 5. The molecule has 1 unspecified atom stereocenters. The first kappa shape index (κ1) is 26.0. The predicted molar refractivity (Wildman–Crippen MR) is 136 cm³/mol. The van der Waals surface area contributed by atoms with Gasteiger partial charge >= 0.3 is 6.61 Å². The van der Waals surface area contributed by atoms with E-state index in [0.29, 0.717) is 25.2 Å². The van der Waals surface area contributed by atoms with Gasteiger partial charge in [-0.25, -0.2) is 9.37 Å². The van der Waals surface area contributed by atoms with E-state index in [2.05, 4.69) is 31.0 Å². The maximum absolute atomic E-state index is 14.0. The van der Waals surface area contributed by atoms with Crippen LogP contribution in [0.2, 0.25) is 0 Å². The topological polar surface area (TPSA) is 75.5 Å². The summed E-state index contributed by atoms with van der Waals surface area (Å²) in [6, 6.07) is 4.72. The van der Waals surface area contributed by atoms with Crippen LogP contribution in [0.4, 0.5) is 19.1 Å². The van der Waals surface area contributed by atoms with E-state index in [1.165, 1.54) is 0 Å². The molecule has 1 aliphatic carbocycles. The van der Waals surface area contributed by atoms with Crippen molar-refractivity contribution in [1.29, 1.82) is 0 Å². The fourth-order valence-corrected chi connectivity index (χ4v) is 5.49. The first-order chi connectivity index (χ1) is 18.1. The number of fused-ring (bicyclic) bond motifs is 2. The van der Waals surface area contributed by atoms with Crippen molar-refractivity contribution in [2.45, 2.75) is 50.9 Å². The number of aromatic nitrogens is 3. The number of nitrogens with one attached hydrogen (secondary N) is 1. The normalized spacial score (nSPS) is 16.8. The highest BCUT2D eigenvalue weighted by atomic mass is 19.3. The Morgan fingerprint density at radius 3 is 2.63 bits per heavy atom. The Kier molecular flexibility index (Phi) is 6.81. The zero-order chi connectivity index (χ0) is 27.2. The minimum Gasteiger partial charge on any atom is -0.432 e. The average molecular weight is 529 g/mol. The monoisotopic (exact) mass is 528 g/mol. The first-order valence-electron chi connectivity index (χ1n) is 12.5. The third-order valence-electron chi connectivity index (χ3n) is 7.36. The molecule has 0 radical (unpaired) electrons. The highest BCUT2D eigenvalue weighted by molar-refractivity contribution is 5.98. The molecule has 1 amide bonds. The van der Waals surface area contributed by atoms with Crippen molar-refractivity contribution in [2.24, 2.45) is 0 Å². The molecule has 2 aliphatic rings. The van der Waals surface area contributed by atoms with Crippen LogP contribution < -0.4 is 10.1 Å². The largest absolute Gasteiger partial charge is 0.432 e. The quantitative estimate of drug-likeness (QED) is 0.443. The van der Waals surface area contributed by atoms with Crippen LogP contribution >= 0.6 is 0 Å². The van der Waals surface area contributed by atoms with Crippen molar-refractivity contribution < 1.29 is 22.7 Å². The van der Waals surface area contributed by atoms with Crippen LogP contribution in [-0.4, -0.2) is 64.5 Å². The molecule has 5 rings (SSSR count). The molecule has 1 saturated carbocycles. The zero-order valence-corrected chi connectivity index (χ0v) is 21.8. The molecule has 1 N–H and O–H groups in total. The predicted octanol–water partition coefficient (Wildman–Crippen LogP) is 4.42. The molecule has 1 atom stereocenters. The number of anilines is 1. The second-order valence-electron chi connectivity index (χ2n) is 10.4.